The Kier molecular flexibility index (Phi) is 21.5. The molecule has 0 heterocycles. The van der Waals surface area contributed by atoms with Gasteiger partial charge in [0.1, 0.15) is 21.0 Å². The number of nitrogens with two attached hydrogens (primary N) is 1. The van der Waals surface area contributed by atoms with Crippen LogP contribution in [-0.2, 0) is 4.12 Å². The molecule has 0 spiro atoms. The fraction of sp³-hybridized carbons (Fsp3) is 0.667. The van der Waals surface area contributed by atoms with E-state index in [-0.39, 0.29) is 0 Å². The summed E-state index contributed by atoms with van der Waals surface area (Å²) in [7, 11) is 1.86. The van der Waals surface area contributed by atoms with Crippen LogP contribution >= 0.6 is 0 Å². The second kappa shape index (κ2) is 15.7. The third-order valence-corrected chi connectivity index (χ3v) is 0.287. The monoisotopic (exact) mass is 150 g/mol. The Morgan fingerprint density at radius 1 is 1.62 bits per heavy atom. The highest BCUT2D eigenvalue weighted by molar-refractivity contribution is 6.15. The van der Waals surface area contributed by atoms with E-state index in [4.69, 9.17) is 5.73 Å². The van der Waals surface area contributed by atoms with Gasteiger partial charge in [-0.2, -0.15) is 0 Å². The Balaban J connectivity index is 0. The van der Waals surface area contributed by atoms with Crippen LogP contribution in [0, 0.1) is 0 Å². The summed E-state index contributed by atoms with van der Waals surface area (Å²) in [6, 6.07) is 0. The van der Waals surface area contributed by atoms with Crippen molar-refractivity contribution in [2.75, 3.05) is 13.1 Å². The van der Waals surface area contributed by atoms with E-state index in [1.54, 1.807) is 0 Å². The maximum absolute atomic E-state index is 5.01. The van der Waals surface area contributed by atoms with Gasteiger partial charge in [-0.25, -0.2) is 0 Å². The van der Waals surface area contributed by atoms with Crippen molar-refractivity contribution < 1.29 is 4.12 Å². The topological polar surface area (TPSA) is 47.6 Å². The van der Waals surface area contributed by atoms with Gasteiger partial charge in [0, 0.05) is 6.54 Å². The predicted octanol–water partition coefficient (Wildman–Crippen LogP) is -2.79. The van der Waals surface area contributed by atoms with Crippen molar-refractivity contribution in [1.82, 2.24) is 0 Å². The molecule has 0 atom stereocenters. The Hall–Kier alpha value is 0.0238. The van der Waals surface area contributed by atoms with Gasteiger partial charge in [0.2, 0.25) is 0 Å². The highest BCUT2D eigenvalue weighted by Gasteiger charge is 1.61. The molecule has 3 nitrogen and oxygen atoms in total. The molecule has 5 heteroatoms. The minimum Gasteiger partial charge on any atom is -0.471 e. The van der Waals surface area contributed by atoms with Gasteiger partial charge in [0.25, 0.3) is 0 Å². The van der Waals surface area contributed by atoms with Crippen molar-refractivity contribution >= 4 is 27.7 Å². The highest BCUT2D eigenvalue weighted by Crippen LogP contribution is 1.51. The highest BCUT2D eigenvalue weighted by atomic mass is 28.3. The first-order chi connectivity index (χ1) is 3.83. The third-order valence-electron chi connectivity index (χ3n) is 0.287. The lowest BCUT2D eigenvalue weighted by atomic mass is 10.7. The first-order valence-electron chi connectivity index (χ1n) is 2.36. The summed E-state index contributed by atoms with van der Waals surface area (Å²) in [5.41, 5.74) is 5.01. The lowest BCUT2D eigenvalue weighted by molar-refractivity contribution is 0.690. The molecule has 0 unspecified atom stereocenters. The van der Waals surface area contributed by atoms with Gasteiger partial charge in [0.15, 0.2) is 0 Å². The van der Waals surface area contributed by atoms with E-state index >= 15 is 0 Å². The largest absolute Gasteiger partial charge is 0.471 e. The molecule has 0 bridgehead atoms. The summed E-state index contributed by atoms with van der Waals surface area (Å²) in [6.07, 6.45) is 0. The van der Waals surface area contributed by atoms with Gasteiger partial charge in [-0.05, 0) is 6.72 Å². The van der Waals surface area contributed by atoms with Crippen molar-refractivity contribution in [1.29, 1.82) is 0 Å². The molecule has 2 N–H and O–H groups in total. The minimum absolute atomic E-state index is 0.615. The van der Waals surface area contributed by atoms with E-state index in [0.29, 0.717) is 13.1 Å². The summed E-state index contributed by atoms with van der Waals surface area (Å²) in [5, 5.41) is 0. The zero-order valence-electron chi connectivity index (χ0n) is 5.55. The smallest absolute Gasteiger partial charge is 0.129 e. The quantitative estimate of drug-likeness (QED) is 0.342. The van der Waals surface area contributed by atoms with Gasteiger partial charge in [-0.1, -0.05) is 0 Å². The molecule has 8 heavy (non-hydrogen) atoms. The number of hydrogen-bond donors (Lipinski definition) is 1. The zero-order chi connectivity index (χ0) is 6.83. The van der Waals surface area contributed by atoms with Crippen molar-refractivity contribution in [3.05, 3.63) is 0 Å². The van der Waals surface area contributed by atoms with Crippen molar-refractivity contribution in [3.8, 4) is 0 Å². The van der Waals surface area contributed by atoms with Gasteiger partial charge in [-0.15, -0.1) is 0 Å². The lowest BCUT2D eigenvalue weighted by Gasteiger charge is -1.75. The Morgan fingerprint density at radius 2 is 2.00 bits per heavy atom. The molecule has 0 rings (SSSR count). The molecule has 0 fully saturated rings. The van der Waals surface area contributed by atoms with Crippen LogP contribution in [0.5, 0.6) is 0 Å². The van der Waals surface area contributed by atoms with Crippen LogP contribution < -0.4 is 5.73 Å². The van der Waals surface area contributed by atoms with E-state index < -0.39 is 0 Å². The average Bonchev–Trinajstić information content (AvgIpc) is 1.71. The molecule has 0 saturated heterocycles. The molecule has 0 aromatic carbocycles. The summed E-state index contributed by atoms with van der Waals surface area (Å²) in [5.74, 6) is 0. The van der Waals surface area contributed by atoms with Crippen LogP contribution in [0.25, 0.3) is 0 Å². The van der Waals surface area contributed by atoms with Gasteiger partial charge in [0.05, 0.1) is 6.54 Å². The SMILES string of the molecule is C=NCCN.[SiH3]O[SiH3]. The molecule has 0 aliphatic carbocycles. The van der Waals surface area contributed by atoms with Gasteiger partial charge < -0.3 is 9.85 Å². The summed E-state index contributed by atoms with van der Waals surface area (Å²) in [4.78, 5) is 3.48. The fourth-order valence-electron chi connectivity index (χ4n) is 0.0913. The van der Waals surface area contributed by atoms with Crippen molar-refractivity contribution in [3.63, 3.8) is 0 Å². The van der Waals surface area contributed by atoms with Crippen LogP contribution in [0.3, 0.4) is 0 Å². The standard InChI is InChI=1S/C3H8N2.H6OSi2/c1-5-3-2-4;2-1-3/h1-4H2;2-3H3. The average molecular weight is 150 g/mol. The molecule has 0 aromatic heterocycles. The maximum Gasteiger partial charge on any atom is 0.129 e. The Bertz CT molecular complexity index is 44.3. The second-order valence-electron chi connectivity index (χ2n) is 1.14. The summed E-state index contributed by atoms with van der Waals surface area (Å²) in [6.45, 7) is 4.52. The van der Waals surface area contributed by atoms with Gasteiger partial charge >= 0.3 is 0 Å². The normalized spacial score (nSPS) is 7.62. The molecule has 50 valence electrons. The second-order valence-corrected chi connectivity index (χ2v) is 4.41. The number of rotatable bonds is 2. The summed E-state index contributed by atoms with van der Waals surface area (Å²) < 4.78 is 4.53. The van der Waals surface area contributed by atoms with E-state index in [1.807, 2.05) is 0 Å². The van der Waals surface area contributed by atoms with Gasteiger partial charge in [-0.3, -0.25) is 4.99 Å². The van der Waals surface area contributed by atoms with Crippen LogP contribution in [0.2, 0.25) is 0 Å². The van der Waals surface area contributed by atoms with Crippen molar-refractivity contribution in [2.24, 2.45) is 10.7 Å². The Morgan fingerprint density at radius 3 is 2.00 bits per heavy atom. The molecule has 0 amide bonds. The first kappa shape index (κ1) is 10.9. The molecular formula is C3H14N2OSi2. The number of hydrogen-bond acceptors (Lipinski definition) is 3. The third kappa shape index (κ3) is 37.1. The maximum atomic E-state index is 5.01. The minimum atomic E-state index is 0.615. The molecular weight excluding hydrogens is 136 g/mol. The fourth-order valence-corrected chi connectivity index (χ4v) is 0.0913. The molecule has 0 saturated carbocycles. The number of nitrogens with zero attached hydrogens (tertiary/aromatic N) is 1. The summed E-state index contributed by atoms with van der Waals surface area (Å²) >= 11 is 0. The van der Waals surface area contributed by atoms with Crippen LogP contribution in [0.15, 0.2) is 4.99 Å². The van der Waals surface area contributed by atoms with E-state index in [1.165, 1.54) is 0 Å². The molecule has 0 radical (unpaired) electrons. The van der Waals surface area contributed by atoms with Crippen LogP contribution in [-0.4, -0.2) is 40.8 Å². The van der Waals surface area contributed by atoms with E-state index in [2.05, 4.69) is 15.8 Å². The molecule has 0 aliphatic heterocycles. The van der Waals surface area contributed by atoms with E-state index in [9.17, 15) is 0 Å². The predicted molar refractivity (Wildman–Crippen MR) is 44.4 cm³/mol. The molecule has 0 aromatic rings. The van der Waals surface area contributed by atoms with Crippen LogP contribution in [0.4, 0.5) is 0 Å². The van der Waals surface area contributed by atoms with Crippen molar-refractivity contribution in [2.45, 2.75) is 0 Å². The first-order valence-corrected chi connectivity index (χ1v) is 3.99. The van der Waals surface area contributed by atoms with E-state index in [0.717, 1.165) is 21.0 Å². The molecule has 0 aliphatic rings. The number of aliphatic imine (C=N–C) groups is 1. The lowest BCUT2D eigenvalue weighted by Crippen LogP contribution is -2.00. The Labute approximate surface area is 56.4 Å². The zero-order valence-corrected chi connectivity index (χ0v) is 9.55. The van der Waals surface area contributed by atoms with Crippen LogP contribution in [0.1, 0.15) is 0 Å².